The van der Waals surface area contributed by atoms with Crippen LogP contribution >= 0.6 is 22.6 Å². The Morgan fingerprint density at radius 2 is 1.84 bits per heavy atom. The third-order valence-corrected chi connectivity index (χ3v) is 4.36. The standard InChI is InChI=1S/C18H17IN4O2/c1-12-3-9-15(10-4-12)23-16(11-25-2)17(21-22-23)18(24)20-14-7-5-13(19)6-8-14/h3-10H,11H2,1-2H3,(H,20,24). The SMILES string of the molecule is COCc1c(C(=O)Nc2ccc(I)cc2)nnn1-c1ccc(C)cc1. The molecule has 0 fully saturated rings. The number of hydrogen-bond donors (Lipinski definition) is 1. The van der Waals surface area contributed by atoms with Crippen LogP contribution in [-0.4, -0.2) is 28.0 Å². The number of halogens is 1. The zero-order valence-electron chi connectivity index (χ0n) is 13.9. The van der Waals surface area contributed by atoms with E-state index in [2.05, 4.69) is 38.2 Å². The Balaban J connectivity index is 1.91. The Labute approximate surface area is 159 Å². The molecule has 3 aromatic rings. The van der Waals surface area contributed by atoms with E-state index >= 15 is 0 Å². The van der Waals surface area contributed by atoms with Crippen molar-refractivity contribution in [3.8, 4) is 5.69 Å². The number of carbonyl (C=O) groups excluding carboxylic acids is 1. The van der Waals surface area contributed by atoms with Crippen LogP contribution in [0.2, 0.25) is 0 Å². The van der Waals surface area contributed by atoms with Gasteiger partial charge in [-0.25, -0.2) is 4.68 Å². The fraction of sp³-hybridized carbons (Fsp3) is 0.167. The molecule has 0 unspecified atom stereocenters. The summed E-state index contributed by atoms with van der Waals surface area (Å²) in [6.07, 6.45) is 0. The van der Waals surface area contributed by atoms with Crippen molar-refractivity contribution in [1.29, 1.82) is 0 Å². The van der Waals surface area contributed by atoms with Crippen LogP contribution in [0, 0.1) is 10.5 Å². The second-order valence-corrected chi connectivity index (χ2v) is 6.77. The van der Waals surface area contributed by atoms with Gasteiger partial charge in [0.05, 0.1) is 12.3 Å². The summed E-state index contributed by atoms with van der Waals surface area (Å²) in [5.74, 6) is -0.313. The van der Waals surface area contributed by atoms with E-state index in [0.717, 1.165) is 14.8 Å². The maximum atomic E-state index is 12.6. The van der Waals surface area contributed by atoms with Gasteiger partial charge < -0.3 is 10.1 Å². The Morgan fingerprint density at radius 1 is 1.16 bits per heavy atom. The van der Waals surface area contributed by atoms with Gasteiger partial charge in [-0.3, -0.25) is 4.79 Å². The minimum atomic E-state index is -0.313. The van der Waals surface area contributed by atoms with E-state index in [0.29, 0.717) is 11.4 Å². The molecule has 128 valence electrons. The molecule has 0 atom stereocenters. The second kappa shape index (κ2) is 7.75. The molecule has 7 heteroatoms. The highest BCUT2D eigenvalue weighted by atomic mass is 127. The lowest BCUT2D eigenvalue weighted by Gasteiger charge is -2.08. The second-order valence-electron chi connectivity index (χ2n) is 5.53. The van der Waals surface area contributed by atoms with E-state index < -0.39 is 0 Å². The molecule has 25 heavy (non-hydrogen) atoms. The Bertz CT molecular complexity index is 873. The number of aromatic nitrogens is 3. The van der Waals surface area contributed by atoms with Crippen LogP contribution < -0.4 is 5.32 Å². The number of methoxy groups -OCH3 is 1. The van der Waals surface area contributed by atoms with Crippen LogP contribution in [-0.2, 0) is 11.3 Å². The van der Waals surface area contributed by atoms with Gasteiger partial charge in [0.2, 0.25) is 0 Å². The first-order valence-electron chi connectivity index (χ1n) is 7.66. The zero-order chi connectivity index (χ0) is 17.8. The third kappa shape index (κ3) is 4.05. The Morgan fingerprint density at radius 3 is 2.48 bits per heavy atom. The van der Waals surface area contributed by atoms with E-state index in [1.54, 1.807) is 11.8 Å². The van der Waals surface area contributed by atoms with Crippen molar-refractivity contribution in [3.63, 3.8) is 0 Å². The number of aryl methyl sites for hydroxylation is 1. The van der Waals surface area contributed by atoms with Gasteiger partial charge >= 0.3 is 0 Å². The highest BCUT2D eigenvalue weighted by Crippen LogP contribution is 2.17. The molecular formula is C18H17IN4O2. The summed E-state index contributed by atoms with van der Waals surface area (Å²) in [5, 5.41) is 11.0. The van der Waals surface area contributed by atoms with Crippen LogP contribution in [0.3, 0.4) is 0 Å². The lowest BCUT2D eigenvalue weighted by Crippen LogP contribution is -2.16. The monoisotopic (exact) mass is 448 g/mol. The summed E-state index contributed by atoms with van der Waals surface area (Å²) < 4.78 is 7.98. The summed E-state index contributed by atoms with van der Waals surface area (Å²) in [4.78, 5) is 12.6. The number of hydrogen-bond acceptors (Lipinski definition) is 4. The molecule has 0 radical (unpaired) electrons. The average molecular weight is 448 g/mol. The minimum absolute atomic E-state index is 0.232. The number of nitrogens with one attached hydrogen (secondary N) is 1. The predicted molar refractivity (Wildman–Crippen MR) is 104 cm³/mol. The summed E-state index contributed by atoms with van der Waals surface area (Å²) >= 11 is 2.22. The highest BCUT2D eigenvalue weighted by Gasteiger charge is 2.20. The van der Waals surface area contributed by atoms with Crippen molar-refractivity contribution in [2.75, 3.05) is 12.4 Å². The van der Waals surface area contributed by atoms with Crippen molar-refractivity contribution in [2.24, 2.45) is 0 Å². The van der Waals surface area contributed by atoms with Gasteiger partial charge in [-0.2, -0.15) is 0 Å². The smallest absolute Gasteiger partial charge is 0.278 e. The van der Waals surface area contributed by atoms with E-state index in [-0.39, 0.29) is 18.2 Å². The van der Waals surface area contributed by atoms with E-state index in [4.69, 9.17) is 4.74 Å². The number of benzene rings is 2. The molecule has 0 saturated carbocycles. The summed E-state index contributed by atoms with van der Waals surface area (Å²) in [6.45, 7) is 2.25. The van der Waals surface area contributed by atoms with Crippen molar-refractivity contribution < 1.29 is 9.53 Å². The van der Waals surface area contributed by atoms with Gasteiger partial charge in [0.15, 0.2) is 5.69 Å². The van der Waals surface area contributed by atoms with Crippen molar-refractivity contribution in [2.45, 2.75) is 13.5 Å². The molecule has 0 aliphatic heterocycles. The molecule has 2 aromatic carbocycles. The van der Waals surface area contributed by atoms with Crippen LogP contribution in [0.25, 0.3) is 5.69 Å². The van der Waals surface area contributed by atoms with Crippen molar-refractivity contribution in [3.05, 3.63) is 69.1 Å². The average Bonchev–Trinajstić information content (AvgIpc) is 3.02. The molecule has 0 aliphatic carbocycles. The van der Waals surface area contributed by atoms with Crippen molar-refractivity contribution in [1.82, 2.24) is 15.0 Å². The van der Waals surface area contributed by atoms with Gasteiger partial charge in [0.25, 0.3) is 5.91 Å². The summed E-state index contributed by atoms with van der Waals surface area (Å²) in [7, 11) is 1.58. The summed E-state index contributed by atoms with van der Waals surface area (Å²) in [6, 6.07) is 15.4. The number of carbonyl (C=O) groups is 1. The van der Waals surface area contributed by atoms with Crippen molar-refractivity contribution >= 4 is 34.2 Å². The number of ether oxygens (including phenoxy) is 1. The topological polar surface area (TPSA) is 69.0 Å². The molecule has 3 rings (SSSR count). The van der Waals surface area contributed by atoms with Crippen LogP contribution in [0.4, 0.5) is 5.69 Å². The normalized spacial score (nSPS) is 10.7. The lowest BCUT2D eigenvalue weighted by molar-refractivity contribution is 0.101. The van der Waals surface area contributed by atoms with Gasteiger partial charge in [0, 0.05) is 16.4 Å². The largest absolute Gasteiger partial charge is 0.378 e. The number of nitrogens with zero attached hydrogens (tertiary/aromatic N) is 3. The fourth-order valence-electron chi connectivity index (χ4n) is 2.36. The number of amides is 1. The fourth-order valence-corrected chi connectivity index (χ4v) is 2.72. The molecule has 0 spiro atoms. The molecule has 0 bridgehead atoms. The maximum Gasteiger partial charge on any atom is 0.278 e. The molecule has 1 amide bonds. The lowest BCUT2D eigenvalue weighted by atomic mass is 10.2. The molecule has 0 aliphatic rings. The zero-order valence-corrected chi connectivity index (χ0v) is 16.0. The van der Waals surface area contributed by atoms with Crippen LogP contribution in [0.1, 0.15) is 21.7 Å². The Kier molecular flexibility index (Phi) is 5.44. The van der Waals surface area contributed by atoms with Gasteiger partial charge in [0.1, 0.15) is 5.69 Å². The first kappa shape index (κ1) is 17.6. The van der Waals surface area contributed by atoms with Gasteiger partial charge in [-0.15, -0.1) is 5.10 Å². The summed E-state index contributed by atoms with van der Waals surface area (Å²) in [5.41, 5.74) is 3.54. The molecule has 1 N–H and O–H groups in total. The van der Waals surface area contributed by atoms with E-state index in [1.165, 1.54) is 0 Å². The first-order valence-corrected chi connectivity index (χ1v) is 8.74. The first-order chi connectivity index (χ1) is 12.1. The van der Waals surface area contributed by atoms with Crippen LogP contribution in [0.15, 0.2) is 48.5 Å². The van der Waals surface area contributed by atoms with Gasteiger partial charge in [-0.1, -0.05) is 22.9 Å². The molecule has 6 nitrogen and oxygen atoms in total. The quantitative estimate of drug-likeness (QED) is 0.606. The van der Waals surface area contributed by atoms with E-state index in [9.17, 15) is 4.79 Å². The number of anilines is 1. The minimum Gasteiger partial charge on any atom is -0.378 e. The molecule has 1 heterocycles. The third-order valence-electron chi connectivity index (χ3n) is 3.64. The van der Waals surface area contributed by atoms with E-state index in [1.807, 2.05) is 55.5 Å². The molecule has 1 aromatic heterocycles. The highest BCUT2D eigenvalue weighted by molar-refractivity contribution is 14.1. The predicted octanol–water partition coefficient (Wildman–Crippen LogP) is 3.58. The number of rotatable bonds is 5. The molecule has 0 saturated heterocycles. The maximum absolute atomic E-state index is 12.6. The van der Waals surface area contributed by atoms with Crippen LogP contribution in [0.5, 0.6) is 0 Å². The Hall–Kier alpha value is -2.26. The van der Waals surface area contributed by atoms with Gasteiger partial charge in [-0.05, 0) is 65.9 Å². The molecular weight excluding hydrogens is 431 g/mol.